The van der Waals surface area contributed by atoms with Gasteiger partial charge in [-0.15, -0.1) is 0 Å². The lowest BCUT2D eigenvalue weighted by molar-refractivity contribution is 0.0924. The molecule has 3 nitrogen and oxygen atoms in total. The Balaban J connectivity index is 2.79. The Labute approximate surface area is 111 Å². The van der Waals surface area contributed by atoms with Crippen molar-refractivity contribution in [1.29, 1.82) is 0 Å². The minimum absolute atomic E-state index is 0.0650. The van der Waals surface area contributed by atoms with Gasteiger partial charge in [0.05, 0.1) is 0 Å². The Morgan fingerprint density at radius 2 is 2.12 bits per heavy atom. The van der Waals surface area contributed by atoms with Crippen LogP contribution >= 0.6 is 15.9 Å². The second-order valence-corrected chi connectivity index (χ2v) is 5.32. The molecule has 0 fully saturated rings. The first-order chi connectivity index (χ1) is 7.95. The van der Waals surface area contributed by atoms with Gasteiger partial charge in [0.2, 0.25) is 0 Å². The van der Waals surface area contributed by atoms with Gasteiger partial charge in [0.25, 0.3) is 5.91 Å². The quantitative estimate of drug-likeness (QED) is 0.839. The summed E-state index contributed by atoms with van der Waals surface area (Å²) in [6, 6.07) is 5.45. The maximum atomic E-state index is 12.0. The lowest BCUT2D eigenvalue weighted by Crippen LogP contribution is -2.38. The molecule has 0 radical (unpaired) electrons. The van der Waals surface area contributed by atoms with E-state index < -0.39 is 0 Å². The summed E-state index contributed by atoms with van der Waals surface area (Å²) in [5.74, 6) is 0.362. The molecule has 17 heavy (non-hydrogen) atoms. The summed E-state index contributed by atoms with van der Waals surface area (Å²) in [6.07, 6.45) is 0.926. The number of amides is 1. The van der Waals surface area contributed by atoms with E-state index in [4.69, 9.17) is 5.73 Å². The molecule has 0 bridgehead atoms. The molecule has 0 aliphatic rings. The third kappa shape index (κ3) is 3.73. The zero-order valence-electron chi connectivity index (χ0n) is 10.5. The molecule has 94 valence electrons. The predicted octanol–water partition coefficient (Wildman–Crippen LogP) is 3.20. The molecule has 1 unspecified atom stereocenters. The van der Waals surface area contributed by atoms with Gasteiger partial charge in [-0.25, -0.2) is 0 Å². The first-order valence-corrected chi connectivity index (χ1v) is 6.60. The van der Waals surface area contributed by atoms with E-state index in [0.29, 0.717) is 17.2 Å². The number of hydrogen-bond acceptors (Lipinski definition) is 2. The highest BCUT2D eigenvalue weighted by molar-refractivity contribution is 9.10. The van der Waals surface area contributed by atoms with Crippen molar-refractivity contribution in [3.8, 4) is 0 Å². The van der Waals surface area contributed by atoms with Crippen LogP contribution in [0, 0.1) is 5.92 Å². The van der Waals surface area contributed by atoms with Crippen molar-refractivity contribution in [2.45, 2.75) is 33.2 Å². The van der Waals surface area contributed by atoms with Crippen molar-refractivity contribution in [1.82, 2.24) is 5.32 Å². The second-order valence-electron chi connectivity index (χ2n) is 4.47. The number of carbonyl (C=O) groups is 1. The van der Waals surface area contributed by atoms with Gasteiger partial charge in [-0.2, -0.15) is 0 Å². The van der Waals surface area contributed by atoms with E-state index in [1.165, 1.54) is 0 Å². The van der Waals surface area contributed by atoms with E-state index in [9.17, 15) is 4.79 Å². The fraction of sp³-hybridized carbons (Fsp3) is 0.462. The van der Waals surface area contributed by atoms with Crippen LogP contribution in [0.15, 0.2) is 22.7 Å². The van der Waals surface area contributed by atoms with E-state index in [2.05, 4.69) is 42.0 Å². The maximum absolute atomic E-state index is 12.0. The predicted molar refractivity (Wildman–Crippen MR) is 74.9 cm³/mol. The third-order valence-electron chi connectivity index (χ3n) is 2.82. The minimum atomic E-state index is -0.0650. The van der Waals surface area contributed by atoms with Crippen LogP contribution in [0.4, 0.5) is 5.69 Å². The second kappa shape index (κ2) is 6.05. The van der Waals surface area contributed by atoms with Gasteiger partial charge in [-0.05, 0) is 46.5 Å². The standard InChI is InChI=1S/C13H19BrN2O/c1-4-12(8(2)3)16-13(17)9-5-6-10(14)11(15)7-9/h5-8,12H,4,15H2,1-3H3,(H,16,17). The van der Waals surface area contributed by atoms with Crippen molar-refractivity contribution < 1.29 is 4.79 Å². The molecule has 0 saturated heterocycles. The number of hydrogen-bond donors (Lipinski definition) is 2. The van der Waals surface area contributed by atoms with Gasteiger partial charge in [0, 0.05) is 21.8 Å². The topological polar surface area (TPSA) is 55.1 Å². The van der Waals surface area contributed by atoms with Gasteiger partial charge in [-0.3, -0.25) is 4.79 Å². The molecule has 0 aliphatic heterocycles. The van der Waals surface area contributed by atoms with Crippen LogP contribution in [-0.4, -0.2) is 11.9 Å². The van der Waals surface area contributed by atoms with Crippen molar-refractivity contribution in [3.63, 3.8) is 0 Å². The number of benzene rings is 1. The fourth-order valence-electron chi connectivity index (χ4n) is 1.68. The molecule has 0 aliphatic carbocycles. The van der Waals surface area contributed by atoms with E-state index in [1.54, 1.807) is 18.2 Å². The summed E-state index contributed by atoms with van der Waals surface area (Å²) in [4.78, 5) is 12.0. The first-order valence-electron chi connectivity index (χ1n) is 5.81. The average molecular weight is 299 g/mol. The molecule has 0 spiro atoms. The number of nitrogen functional groups attached to an aromatic ring is 1. The van der Waals surface area contributed by atoms with Crippen LogP contribution in [0.5, 0.6) is 0 Å². The molecule has 1 aromatic rings. The van der Waals surface area contributed by atoms with Crippen LogP contribution < -0.4 is 11.1 Å². The smallest absolute Gasteiger partial charge is 0.251 e. The molecule has 1 rings (SSSR count). The van der Waals surface area contributed by atoms with E-state index in [0.717, 1.165) is 10.9 Å². The fourth-order valence-corrected chi connectivity index (χ4v) is 1.92. The Morgan fingerprint density at radius 3 is 2.59 bits per heavy atom. The minimum Gasteiger partial charge on any atom is -0.398 e. The Kier molecular flexibility index (Phi) is 5.00. The molecule has 1 atom stereocenters. The maximum Gasteiger partial charge on any atom is 0.251 e. The summed E-state index contributed by atoms with van der Waals surface area (Å²) in [7, 11) is 0. The van der Waals surface area contributed by atoms with Crippen molar-refractivity contribution in [2.75, 3.05) is 5.73 Å². The number of nitrogens with two attached hydrogens (primary N) is 1. The SMILES string of the molecule is CCC(NC(=O)c1ccc(Br)c(N)c1)C(C)C. The molecule has 1 amide bonds. The number of anilines is 1. The highest BCUT2D eigenvalue weighted by atomic mass is 79.9. The molecule has 1 aromatic carbocycles. The van der Waals surface area contributed by atoms with Gasteiger partial charge < -0.3 is 11.1 Å². The monoisotopic (exact) mass is 298 g/mol. The van der Waals surface area contributed by atoms with Crippen molar-refractivity contribution >= 4 is 27.5 Å². The van der Waals surface area contributed by atoms with Crippen LogP contribution in [0.3, 0.4) is 0 Å². The van der Waals surface area contributed by atoms with Gasteiger partial charge in [-0.1, -0.05) is 20.8 Å². The molecule has 0 saturated carbocycles. The summed E-state index contributed by atoms with van der Waals surface area (Å²) < 4.78 is 0.810. The van der Waals surface area contributed by atoms with Gasteiger partial charge in [0.15, 0.2) is 0 Å². The van der Waals surface area contributed by atoms with E-state index in [-0.39, 0.29) is 11.9 Å². The summed E-state index contributed by atoms with van der Waals surface area (Å²) in [5.41, 5.74) is 6.94. The molecule has 4 heteroatoms. The lowest BCUT2D eigenvalue weighted by atomic mass is 10.0. The van der Waals surface area contributed by atoms with Crippen LogP contribution in [-0.2, 0) is 0 Å². The van der Waals surface area contributed by atoms with Crippen molar-refractivity contribution in [2.24, 2.45) is 5.92 Å². The van der Waals surface area contributed by atoms with Crippen LogP contribution in [0.2, 0.25) is 0 Å². The highest BCUT2D eigenvalue weighted by Gasteiger charge is 2.15. The number of rotatable bonds is 4. The third-order valence-corrected chi connectivity index (χ3v) is 3.54. The van der Waals surface area contributed by atoms with Crippen LogP contribution in [0.1, 0.15) is 37.6 Å². The summed E-state index contributed by atoms with van der Waals surface area (Å²) in [5, 5.41) is 3.02. The number of nitrogens with one attached hydrogen (secondary N) is 1. The summed E-state index contributed by atoms with van der Waals surface area (Å²) in [6.45, 7) is 6.27. The van der Waals surface area contributed by atoms with Gasteiger partial charge >= 0.3 is 0 Å². The van der Waals surface area contributed by atoms with E-state index >= 15 is 0 Å². The summed E-state index contributed by atoms with van der Waals surface area (Å²) >= 11 is 3.31. The van der Waals surface area contributed by atoms with Crippen LogP contribution in [0.25, 0.3) is 0 Å². The normalized spacial score (nSPS) is 12.5. The Bertz CT molecular complexity index is 404. The zero-order chi connectivity index (χ0) is 13.0. The molecule has 0 aromatic heterocycles. The molecule has 0 heterocycles. The molecular formula is C13H19BrN2O. The average Bonchev–Trinajstić information content (AvgIpc) is 2.28. The number of carbonyl (C=O) groups excluding carboxylic acids is 1. The Morgan fingerprint density at radius 1 is 1.47 bits per heavy atom. The largest absolute Gasteiger partial charge is 0.398 e. The highest BCUT2D eigenvalue weighted by Crippen LogP contribution is 2.20. The van der Waals surface area contributed by atoms with E-state index in [1.807, 2.05) is 0 Å². The van der Waals surface area contributed by atoms with Gasteiger partial charge in [0.1, 0.15) is 0 Å². The number of halogens is 1. The lowest BCUT2D eigenvalue weighted by Gasteiger charge is -2.20. The molecular weight excluding hydrogens is 280 g/mol. The molecule has 3 N–H and O–H groups in total. The zero-order valence-corrected chi connectivity index (χ0v) is 12.0. The van der Waals surface area contributed by atoms with Crippen molar-refractivity contribution in [3.05, 3.63) is 28.2 Å². The first kappa shape index (κ1) is 14.0. The Hall–Kier alpha value is -1.03.